The van der Waals surface area contributed by atoms with Crippen molar-refractivity contribution in [1.29, 1.82) is 0 Å². The van der Waals surface area contributed by atoms with Crippen LogP contribution in [0.4, 0.5) is 24.5 Å². The molecule has 0 heterocycles. The molecule has 3 aromatic rings. The van der Waals surface area contributed by atoms with E-state index >= 15 is 0 Å². The second-order valence-corrected chi connectivity index (χ2v) is 15.5. The highest BCUT2D eigenvalue weighted by Gasteiger charge is 2.43. The summed E-state index contributed by atoms with van der Waals surface area (Å²) in [5.74, 6) is -2.47. The van der Waals surface area contributed by atoms with E-state index in [-0.39, 0.29) is 12.4 Å². The Morgan fingerprint density at radius 3 is 1.47 bits per heavy atom. The Morgan fingerprint density at radius 1 is 0.721 bits per heavy atom. The first-order valence-electron chi connectivity index (χ1n) is 13.1. The van der Waals surface area contributed by atoms with Gasteiger partial charge in [-0.25, -0.2) is 8.42 Å². The second kappa shape index (κ2) is 13.1. The fourth-order valence-electron chi connectivity index (χ4n) is 4.02. The summed E-state index contributed by atoms with van der Waals surface area (Å²) >= 11 is 0. The van der Waals surface area contributed by atoms with Crippen molar-refractivity contribution < 1.29 is 39.5 Å². The topological polar surface area (TPSA) is 85.4 Å². The monoisotopic (exact) mass is 642 g/mol. The van der Waals surface area contributed by atoms with Crippen molar-refractivity contribution >= 4 is 37.8 Å². The molecule has 236 valence electrons. The molecule has 8 nitrogen and oxygen atoms in total. The molecule has 0 saturated carbocycles. The van der Waals surface area contributed by atoms with Gasteiger partial charge >= 0.3 is 12.1 Å². The SMILES string of the molecule is CN(C)c1ccc(S(OS(=O)(=O)CC(F)(F)F)(c2ccc(OCC(=O)OC(C)(C)C)cc2)c2ccc(N(C)C)cc2)cc1. The molecule has 0 unspecified atom stereocenters. The summed E-state index contributed by atoms with van der Waals surface area (Å²) in [7, 11) is -1.12. The first-order chi connectivity index (χ1) is 19.8. The van der Waals surface area contributed by atoms with Gasteiger partial charge in [0.05, 0.1) is 0 Å². The van der Waals surface area contributed by atoms with Gasteiger partial charge < -0.3 is 19.3 Å². The van der Waals surface area contributed by atoms with E-state index in [1.807, 2.05) is 38.0 Å². The number of anilines is 2. The molecular weight excluding hydrogens is 605 g/mol. The van der Waals surface area contributed by atoms with Crippen LogP contribution in [-0.4, -0.2) is 66.7 Å². The Morgan fingerprint density at radius 2 is 1.12 bits per heavy atom. The van der Waals surface area contributed by atoms with Crippen LogP contribution in [0.2, 0.25) is 0 Å². The number of benzene rings is 3. The van der Waals surface area contributed by atoms with Crippen LogP contribution < -0.4 is 14.5 Å². The van der Waals surface area contributed by atoms with Gasteiger partial charge in [0.2, 0.25) is 0 Å². The molecule has 0 N–H and O–H groups in total. The third-order valence-corrected chi connectivity index (χ3v) is 11.0. The summed E-state index contributed by atoms with van der Waals surface area (Å²) in [6.45, 7) is 4.81. The van der Waals surface area contributed by atoms with Gasteiger partial charge in [0.25, 0.3) is 10.1 Å². The molecular formula is C30H37F3N2O6S2. The molecule has 0 aromatic heterocycles. The zero-order valence-electron chi connectivity index (χ0n) is 25.1. The normalized spacial score (nSPS) is 12.9. The minimum atomic E-state index is -5.14. The number of nitrogens with zero attached hydrogens (tertiary/aromatic N) is 2. The van der Waals surface area contributed by atoms with E-state index in [1.54, 1.807) is 69.3 Å². The minimum Gasteiger partial charge on any atom is -0.482 e. The number of hydrogen-bond donors (Lipinski definition) is 0. The first kappa shape index (κ1) is 34.1. The molecule has 0 saturated heterocycles. The molecule has 3 aromatic carbocycles. The summed E-state index contributed by atoms with van der Waals surface area (Å²) in [6.07, 6.45) is -5.02. The van der Waals surface area contributed by atoms with Crippen molar-refractivity contribution in [1.82, 2.24) is 0 Å². The molecule has 0 amide bonds. The maximum atomic E-state index is 13.4. The van der Waals surface area contributed by atoms with Crippen LogP contribution >= 0.6 is 10.3 Å². The van der Waals surface area contributed by atoms with Crippen molar-refractivity contribution in [2.75, 3.05) is 50.4 Å². The van der Waals surface area contributed by atoms with E-state index in [2.05, 4.69) is 0 Å². The third-order valence-electron chi connectivity index (χ3n) is 5.85. The van der Waals surface area contributed by atoms with Crippen LogP contribution in [0.3, 0.4) is 0 Å². The van der Waals surface area contributed by atoms with Crippen LogP contribution in [0.25, 0.3) is 0 Å². The highest BCUT2D eigenvalue weighted by Crippen LogP contribution is 2.70. The maximum absolute atomic E-state index is 13.4. The Balaban J connectivity index is 2.20. The largest absolute Gasteiger partial charge is 0.482 e. The second-order valence-electron chi connectivity index (χ2n) is 11.1. The predicted octanol–water partition coefficient (Wildman–Crippen LogP) is 6.64. The van der Waals surface area contributed by atoms with Crippen LogP contribution in [-0.2, 0) is 23.3 Å². The van der Waals surface area contributed by atoms with Gasteiger partial charge in [0, 0.05) is 54.3 Å². The quantitative estimate of drug-likeness (QED) is 0.215. The highest BCUT2D eigenvalue weighted by molar-refractivity contribution is 8.33. The smallest absolute Gasteiger partial charge is 0.405 e. The fraction of sp³-hybridized carbons (Fsp3) is 0.367. The molecule has 13 heteroatoms. The van der Waals surface area contributed by atoms with E-state index < -0.39 is 43.9 Å². The Hall–Kier alpha value is -3.42. The Bertz CT molecular complexity index is 1430. The average Bonchev–Trinajstić information content (AvgIpc) is 2.89. The van der Waals surface area contributed by atoms with Crippen LogP contribution in [0, 0.1) is 0 Å². The molecule has 3 rings (SSSR count). The Labute approximate surface area is 253 Å². The Kier molecular flexibility index (Phi) is 10.4. The number of esters is 1. The summed E-state index contributed by atoms with van der Waals surface area (Å²) < 4.78 is 82.9. The lowest BCUT2D eigenvalue weighted by molar-refractivity contribution is -0.157. The zero-order valence-corrected chi connectivity index (χ0v) is 26.8. The summed E-state index contributed by atoms with van der Waals surface area (Å²) in [4.78, 5) is 16.8. The molecule has 0 radical (unpaired) electrons. The molecule has 0 aliphatic carbocycles. The molecule has 0 fully saturated rings. The van der Waals surface area contributed by atoms with Gasteiger partial charge in [-0.3, -0.25) is 0 Å². The molecule has 0 aliphatic heterocycles. The van der Waals surface area contributed by atoms with E-state index in [4.69, 9.17) is 13.1 Å². The van der Waals surface area contributed by atoms with Gasteiger partial charge in [0.1, 0.15) is 11.4 Å². The van der Waals surface area contributed by atoms with Crippen LogP contribution in [0.1, 0.15) is 20.8 Å². The lowest BCUT2D eigenvalue weighted by Crippen LogP contribution is -2.27. The number of ether oxygens (including phenoxy) is 2. The van der Waals surface area contributed by atoms with Crippen molar-refractivity contribution in [3.8, 4) is 5.75 Å². The van der Waals surface area contributed by atoms with Gasteiger partial charge in [-0.15, -0.1) is 0 Å². The predicted molar refractivity (Wildman–Crippen MR) is 163 cm³/mol. The van der Waals surface area contributed by atoms with Crippen molar-refractivity contribution in [2.45, 2.75) is 47.2 Å². The van der Waals surface area contributed by atoms with Crippen molar-refractivity contribution in [2.24, 2.45) is 0 Å². The minimum absolute atomic E-state index is 0.270. The van der Waals surface area contributed by atoms with Crippen LogP contribution in [0.15, 0.2) is 87.5 Å². The van der Waals surface area contributed by atoms with Crippen molar-refractivity contribution in [3.63, 3.8) is 0 Å². The third kappa shape index (κ3) is 9.28. The number of halogens is 3. The van der Waals surface area contributed by atoms with Crippen molar-refractivity contribution in [3.05, 3.63) is 72.8 Å². The molecule has 0 spiro atoms. The van der Waals surface area contributed by atoms with Gasteiger partial charge in [-0.1, -0.05) is 0 Å². The molecule has 43 heavy (non-hydrogen) atoms. The summed E-state index contributed by atoms with van der Waals surface area (Å²) in [5, 5.41) is 0. The van der Waals surface area contributed by atoms with E-state index in [0.29, 0.717) is 14.7 Å². The average molecular weight is 643 g/mol. The van der Waals surface area contributed by atoms with Gasteiger partial charge in [0.15, 0.2) is 12.4 Å². The van der Waals surface area contributed by atoms with E-state index in [9.17, 15) is 26.4 Å². The van der Waals surface area contributed by atoms with E-state index in [1.165, 1.54) is 24.3 Å². The molecule has 0 aliphatic rings. The summed E-state index contributed by atoms with van der Waals surface area (Å²) in [5.41, 5.74) is 0.893. The van der Waals surface area contributed by atoms with Crippen LogP contribution in [0.5, 0.6) is 5.75 Å². The zero-order chi connectivity index (χ0) is 32.2. The molecule has 0 atom stereocenters. The standard InChI is InChI=1S/C30H37F3N2O6S2/c1-29(2,3)40-28(36)20-39-24-12-18-27(19-13-24)43(41-42(37,38)21-30(31,32)33,25-14-8-22(9-15-25)34(4)5)26-16-10-23(11-17-26)35(6)7/h8-19H,20-21H2,1-7H3. The molecule has 0 bridgehead atoms. The van der Waals surface area contributed by atoms with Gasteiger partial charge in [-0.2, -0.15) is 21.6 Å². The van der Waals surface area contributed by atoms with E-state index in [0.717, 1.165) is 11.4 Å². The number of carbonyl (C=O) groups excluding carboxylic acids is 1. The lowest BCUT2D eigenvalue weighted by atomic mass is 10.2. The number of carbonyl (C=O) groups is 1. The number of rotatable bonds is 11. The number of alkyl halides is 3. The van der Waals surface area contributed by atoms with Gasteiger partial charge in [-0.05, 0) is 104 Å². The number of hydrogen-bond acceptors (Lipinski definition) is 8. The fourth-order valence-corrected chi connectivity index (χ4v) is 9.17. The summed E-state index contributed by atoms with van der Waals surface area (Å²) in [6, 6.07) is 19.6. The first-order valence-corrected chi connectivity index (χ1v) is 16.3. The lowest BCUT2D eigenvalue weighted by Gasteiger charge is -2.40. The highest BCUT2D eigenvalue weighted by atomic mass is 32.3. The maximum Gasteiger partial charge on any atom is 0.405 e.